The Hall–Kier alpha value is -0.420. The lowest BCUT2D eigenvalue weighted by Gasteiger charge is -2.27. The minimum absolute atomic E-state index is 0.0287. The zero-order chi connectivity index (χ0) is 14.5. The van der Waals surface area contributed by atoms with Gasteiger partial charge in [0.05, 0.1) is 12.3 Å². The number of rotatable bonds is 7. The molecule has 3 nitrogen and oxygen atoms in total. The van der Waals surface area contributed by atoms with Gasteiger partial charge < -0.3 is 9.84 Å². The molecule has 0 aliphatic carbocycles. The van der Waals surface area contributed by atoms with Gasteiger partial charge in [0.1, 0.15) is 6.10 Å². The van der Waals surface area contributed by atoms with Gasteiger partial charge in [-0.1, -0.05) is 19.9 Å². The lowest BCUT2D eigenvalue weighted by atomic mass is 9.98. The molecular formula is C15H27NO2S. The maximum Gasteiger partial charge on any atom is 0.103 e. The summed E-state index contributed by atoms with van der Waals surface area (Å²) < 4.78 is 5.69. The van der Waals surface area contributed by atoms with E-state index in [-0.39, 0.29) is 11.6 Å². The summed E-state index contributed by atoms with van der Waals surface area (Å²) in [6, 6.07) is 3.98. The van der Waals surface area contributed by atoms with Crippen molar-refractivity contribution >= 4 is 11.3 Å². The molecule has 2 atom stereocenters. The summed E-state index contributed by atoms with van der Waals surface area (Å²) in [5, 5.41) is 15.8. The molecule has 0 bridgehead atoms. The van der Waals surface area contributed by atoms with Crippen LogP contribution in [0.15, 0.2) is 17.5 Å². The van der Waals surface area contributed by atoms with Gasteiger partial charge in [0.2, 0.25) is 0 Å². The van der Waals surface area contributed by atoms with Gasteiger partial charge in [-0.15, -0.1) is 11.3 Å². The molecule has 0 aliphatic heterocycles. The first kappa shape index (κ1) is 16.6. The molecular weight excluding hydrogens is 258 g/mol. The van der Waals surface area contributed by atoms with Crippen molar-refractivity contribution in [3.05, 3.63) is 22.4 Å². The number of ether oxygens (including phenoxy) is 1. The van der Waals surface area contributed by atoms with Gasteiger partial charge in [0, 0.05) is 10.9 Å². The van der Waals surface area contributed by atoms with E-state index in [1.807, 2.05) is 38.3 Å². The number of hydrogen-bond donors (Lipinski definition) is 2. The van der Waals surface area contributed by atoms with E-state index in [0.29, 0.717) is 12.6 Å². The molecule has 4 heteroatoms. The van der Waals surface area contributed by atoms with Gasteiger partial charge in [0.25, 0.3) is 0 Å². The maximum absolute atomic E-state index is 10.4. The van der Waals surface area contributed by atoms with Gasteiger partial charge >= 0.3 is 0 Å². The molecule has 0 saturated carbocycles. The normalized spacial score (nSPS) is 15.7. The topological polar surface area (TPSA) is 41.5 Å². The number of nitrogens with one attached hydrogen (secondary N) is 1. The van der Waals surface area contributed by atoms with Crippen molar-refractivity contribution < 1.29 is 9.84 Å². The van der Waals surface area contributed by atoms with Crippen molar-refractivity contribution in [2.24, 2.45) is 5.92 Å². The van der Waals surface area contributed by atoms with Crippen LogP contribution >= 0.6 is 11.3 Å². The molecule has 0 amide bonds. The van der Waals surface area contributed by atoms with Crippen LogP contribution in [-0.2, 0) is 4.74 Å². The molecule has 2 N–H and O–H groups in total. The predicted molar refractivity (Wildman–Crippen MR) is 81.4 cm³/mol. The van der Waals surface area contributed by atoms with E-state index in [9.17, 15) is 5.11 Å². The first-order valence-electron chi connectivity index (χ1n) is 6.88. The Morgan fingerprint density at radius 1 is 1.37 bits per heavy atom. The van der Waals surface area contributed by atoms with Crippen molar-refractivity contribution in [3.8, 4) is 0 Å². The van der Waals surface area contributed by atoms with Crippen molar-refractivity contribution in [1.29, 1.82) is 0 Å². The molecule has 1 aromatic rings. The Kier molecular flexibility index (Phi) is 6.47. The van der Waals surface area contributed by atoms with E-state index in [1.54, 1.807) is 11.3 Å². The van der Waals surface area contributed by atoms with Gasteiger partial charge in [-0.25, -0.2) is 0 Å². The molecule has 0 fully saturated rings. The quantitative estimate of drug-likeness (QED) is 0.753. The fourth-order valence-electron chi connectivity index (χ4n) is 1.85. The van der Waals surface area contributed by atoms with Gasteiger partial charge in [0.15, 0.2) is 0 Å². The minimum Gasteiger partial charge on any atom is -0.386 e. The Labute approximate surface area is 121 Å². The largest absolute Gasteiger partial charge is 0.386 e. The zero-order valence-electron chi connectivity index (χ0n) is 12.6. The minimum atomic E-state index is -0.467. The molecule has 1 rings (SSSR count). The van der Waals surface area contributed by atoms with Crippen molar-refractivity contribution in [2.45, 2.75) is 58.8 Å². The van der Waals surface area contributed by atoms with Crippen LogP contribution in [0.5, 0.6) is 0 Å². The van der Waals surface area contributed by atoms with Gasteiger partial charge in [-0.2, -0.15) is 0 Å². The fourth-order valence-corrected chi connectivity index (χ4v) is 2.63. The summed E-state index contributed by atoms with van der Waals surface area (Å²) in [4.78, 5) is 1.01. The van der Waals surface area contributed by atoms with Crippen LogP contribution in [0.1, 0.15) is 52.0 Å². The second kappa shape index (κ2) is 7.39. The highest BCUT2D eigenvalue weighted by Crippen LogP contribution is 2.25. The van der Waals surface area contributed by atoms with E-state index in [4.69, 9.17) is 4.74 Å². The average molecular weight is 285 g/mol. The lowest BCUT2D eigenvalue weighted by molar-refractivity contribution is -0.0265. The second-order valence-corrected chi connectivity index (χ2v) is 7.28. The van der Waals surface area contributed by atoms with Crippen LogP contribution in [0.4, 0.5) is 0 Å². The summed E-state index contributed by atoms with van der Waals surface area (Å²) in [7, 11) is 0. The fraction of sp³-hybridized carbons (Fsp3) is 0.733. The number of aliphatic hydroxyl groups is 1. The predicted octanol–water partition coefficient (Wildman–Crippen LogP) is 3.56. The number of thiophene rings is 1. The van der Waals surface area contributed by atoms with E-state index < -0.39 is 6.10 Å². The summed E-state index contributed by atoms with van der Waals surface area (Å²) in [6.07, 6.45) is 0.456. The van der Waals surface area contributed by atoms with E-state index >= 15 is 0 Å². The molecule has 0 radical (unpaired) electrons. The molecule has 1 heterocycles. The van der Waals surface area contributed by atoms with Crippen molar-refractivity contribution in [3.63, 3.8) is 0 Å². The first-order chi connectivity index (χ1) is 8.79. The molecule has 0 spiro atoms. The third-order valence-corrected chi connectivity index (χ3v) is 3.73. The Bertz CT molecular complexity index is 344. The van der Waals surface area contributed by atoms with Gasteiger partial charge in [-0.3, -0.25) is 5.32 Å². The van der Waals surface area contributed by atoms with E-state index in [1.165, 1.54) is 0 Å². The molecule has 19 heavy (non-hydrogen) atoms. The zero-order valence-corrected chi connectivity index (χ0v) is 13.5. The first-order valence-corrected chi connectivity index (χ1v) is 7.76. The van der Waals surface area contributed by atoms with E-state index in [2.05, 4.69) is 19.2 Å². The summed E-state index contributed by atoms with van der Waals surface area (Å²) in [6.45, 7) is 10.9. The van der Waals surface area contributed by atoms with Crippen molar-refractivity contribution in [1.82, 2.24) is 5.32 Å². The SMILES string of the molecule is CC(C)CC(NCOC(C)(C)C)C(O)c1cccs1. The van der Waals surface area contributed by atoms with Crippen molar-refractivity contribution in [2.75, 3.05) is 6.73 Å². The van der Waals surface area contributed by atoms with Crippen LogP contribution in [0.3, 0.4) is 0 Å². The van der Waals surface area contributed by atoms with E-state index in [0.717, 1.165) is 11.3 Å². The summed E-state index contributed by atoms with van der Waals surface area (Å²) in [5.74, 6) is 0.529. The Morgan fingerprint density at radius 3 is 2.53 bits per heavy atom. The summed E-state index contributed by atoms with van der Waals surface area (Å²) >= 11 is 1.59. The molecule has 0 aliphatic rings. The highest BCUT2D eigenvalue weighted by atomic mass is 32.1. The highest BCUT2D eigenvalue weighted by Gasteiger charge is 2.23. The standard InChI is InChI=1S/C15H27NO2S/c1-11(2)9-12(16-10-18-15(3,4)5)14(17)13-7-6-8-19-13/h6-8,11-12,14,16-17H,9-10H2,1-5H3. The molecule has 2 unspecified atom stereocenters. The van der Waals surface area contributed by atoms with Crippen LogP contribution < -0.4 is 5.32 Å². The van der Waals surface area contributed by atoms with Crippen LogP contribution in [0, 0.1) is 5.92 Å². The molecule has 1 aromatic heterocycles. The molecule has 0 saturated heterocycles. The van der Waals surface area contributed by atoms with Crippen LogP contribution in [0.2, 0.25) is 0 Å². The van der Waals surface area contributed by atoms with Crippen LogP contribution in [0.25, 0.3) is 0 Å². The third-order valence-electron chi connectivity index (χ3n) is 2.79. The summed E-state index contributed by atoms with van der Waals surface area (Å²) in [5.41, 5.74) is -0.163. The third kappa shape index (κ3) is 6.52. The Balaban J connectivity index is 2.56. The lowest BCUT2D eigenvalue weighted by Crippen LogP contribution is -2.39. The average Bonchev–Trinajstić information content (AvgIpc) is 2.77. The number of aliphatic hydroxyl groups excluding tert-OH is 1. The number of hydrogen-bond acceptors (Lipinski definition) is 4. The monoisotopic (exact) mass is 285 g/mol. The van der Waals surface area contributed by atoms with Gasteiger partial charge in [-0.05, 0) is 44.6 Å². The van der Waals surface area contributed by atoms with Crippen LogP contribution in [-0.4, -0.2) is 23.5 Å². The molecule has 0 aromatic carbocycles. The maximum atomic E-state index is 10.4. The Morgan fingerprint density at radius 2 is 2.05 bits per heavy atom. The highest BCUT2D eigenvalue weighted by molar-refractivity contribution is 7.10. The second-order valence-electron chi connectivity index (χ2n) is 6.30. The smallest absolute Gasteiger partial charge is 0.103 e. The molecule has 110 valence electrons.